The number of nitrogens with zero attached hydrogens (tertiary/aromatic N) is 2. The molecule has 0 saturated heterocycles. The fourth-order valence-electron chi connectivity index (χ4n) is 1.77. The third-order valence-corrected chi connectivity index (χ3v) is 3.02. The first-order chi connectivity index (χ1) is 9.11. The number of aromatic nitrogens is 2. The predicted octanol–water partition coefficient (Wildman–Crippen LogP) is 3.41. The molecule has 1 aromatic heterocycles. The molecule has 0 radical (unpaired) electrons. The molecule has 3 nitrogen and oxygen atoms in total. The highest BCUT2D eigenvalue weighted by Gasteiger charge is 2.14. The van der Waals surface area contributed by atoms with Crippen molar-refractivity contribution in [2.45, 2.75) is 19.9 Å². The Morgan fingerprint density at radius 3 is 2.53 bits per heavy atom. The average molecular weight is 330 g/mol. The van der Waals surface area contributed by atoms with Gasteiger partial charge in [-0.25, -0.2) is 13.5 Å². The second-order valence-corrected chi connectivity index (χ2v) is 5.10. The van der Waals surface area contributed by atoms with Gasteiger partial charge in [0.25, 0.3) is 0 Å². The van der Waals surface area contributed by atoms with Crippen molar-refractivity contribution in [3.8, 4) is 5.69 Å². The monoisotopic (exact) mass is 329 g/mol. The summed E-state index contributed by atoms with van der Waals surface area (Å²) in [7, 11) is 0. The van der Waals surface area contributed by atoms with Gasteiger partial charge in [0.05, 0.1) is 10.7 Å². The number of rotatable bonds is 5. The first-order valence-corrected chi connectivity index (χ1v) is 6.80. The van der Waals surface area contributed by atoms with Gasteiger partial charge in [0.2, 0.25) is 0 Å². The molecule has 2 rings (SSSR count). The van der Waals surface area contributed by atoms with Gasteiger partial charge >= 0.3 is 0 Å². The Hall–Kier alpha value is -1.27. The van der Waals surface area contributed by atoms with Crippen LogP contribution in [-0.4, -0.2) is 16.3 Å². The van der Waals surface area contributed by atoms with Crippen molar-refractivity contribution in [1.82, 2.24) is 15.1 Å². The van der Waals surface area contributed by atoms with E-state index in [4.69, 9.17) is 0 Å². The van der Waals surface area contributed by atoms with E-state index in [1.807, 2.05) is 6.92 Å². The second-order valence-electron chi connectivity index (χ2n) is 4.19. The van der Waals surface area contributed by atoms with Gasteiger partial charge in [0.15, 0.2) is 11.6 Å². The normalized spacial score (nSPS) is 10.9. The highest BCUT2D eigenvalue weighted by Crippen LogP contribution is 2.21. The first kappa shape index (κ1) is 14.1. The third kappa shape index (κ3) is 3.39. The molecule has 0 bridgehead atoms. The summed E-state index contributed by atoms with van der Waals surface area (Å²) in [6, 6.07) is 2.66. The highest BCUT2D eigenvalue weighted by atomic mass is 79.9. The van der Waals surface area contributed by atoms with E-state index in [1.165, 1.54) is 29.2 Å². The van der Waals surface area contributed by atoms with Crippen molar-refractivity contribution in [3.63, 3.8) is 0 Å². The molecule has 0 unspecified atom stereocenters. The summed E-state index contributed by atoms with van der Waals surface area (Å²) < 4.78 is 29.8. The molecule has 0 amide bonds. The van der Waals surface area contributed by atoms with Crippen LogP contribution < -0.4 is 5.32 Å². The lowest BCUT2D eigenvalue weighted by Gasteiger charge is -2.09. The van der Waals surface area contributed by atoms with Gasteiger partial charge < -0.3 is 5.32 Å². The predicted molar refractivity (Wildman–Crippen MR) is 73.2 cm³/mol. The van der Waals surface area contributed by atoms with Gasteiger partial charge in [-0.3, -0.25) is 0 Å². The van der Waals surface area contributed by atoms with Crippen LogP contribution in [0.15, 0.2) is 29.0 Å². The summed E-state index contributed by atoms with van der Waals surface area (Å²) in [5, 5.41) is 6.99. The van der Waals surface area contributed by atoms with Crippen LogP contribution in [0.3, 0.4) is 0 Å². The zero-order valence-electron chi connectivity index (χ0n) is 10.5. The summed E-state index contributed by atoms with van der Waals surface area (Å²) in [5.74, 6) is -1.24. The van der Waals surface area contributed by atoms with Crippen molar-refractivity contribution >= 4 is 15.9 Å². The smallest absolute Gasteiger partial charge is 0.152 e. The van der Waals surface area contributed by atoms with E-state index >= 15 is 0 Å². The van der Waals surface area contributed by atoms with Crippen LogP contribution in [0, 0.1) is 11.6 Å². The molecule has 19 heavy (non-hydrogen) atoms. The van der Waals surface area contributed by atoms with E-state index in [1.54, 1.807) is 0 Å². The van der Waals surface area contributed by atoms with Gasteiger partial charge in [0, 0.05) is 12.7 Å². The van der Waals surface area contributed by atoms with Gasteiger partial charge in [0.1, 0.15) is 5.69 Å². The Kier molecular flexibility index (Phi) is 4.66. The van der Waals surface area contributed by atoms with Gasteiger partial charge in [-0.2, -0.15) is 5.10 Å². The minimum atomic E-state index is -0.621. The average Bonchev–Trinajstić information content (AvgIpc) is 2.75. The molecule has 1 aromatic carbocycles. The molecule has 0 saturated carbocycles. The molecule has 1 heterocycles. The fourth-order valence-corrected chi connectivity index (χ4v) is 2.06. The van der Waals surface area contributed by atoms with E-state index in [0.29, 0.717) is 16.6 Å². The lowest BCUT2D eigenvalue weighted by molar-refractivity contribution is 0.553. The molecule has 0 aliphatic rings. The summed E-state index contributed by atoms with van der Waals surface area (Å²) in [6.45, 7) is 3.30. The van der Waals surface area contributed by atoms with E-state index in [0.717, 1.165) is 13.0 Å². The number of hydrogen-bond acceptors (Lipinski definition) is 2. The maximum Gasteiger partial charge on any atom is 0.152 e. The van der Waals surface area contributed by atoms with Crippen LogP contribution in [0.4, 0.5) is 8.78 Å². The molecule has 0 spiro atoms. The van der Waals surface area contributed by atoms with E-state index in [2.05, 4.69) is 26.3 Å². The molecule has 1 N–H and O–H groups in total. The molecular weight excluding hydrogens is 316 g/mol. The van der Waals surface area contributed by atoms with Gasteiger partial charge in [-0.05, 0) is 46.6 Å². The van der Waals surface area contributed by atoms with Crippen molar-refractivity contribution in [1.29, 1.82) is 0 Å². The van der Waals surface area contributed by atoms with Crippen molar-refractivity contribution < 1.29 is 8.78 Å². The lowest BCUT2D eigenvalue weighted by Crippen LogP contribution is -2.14. The molecular formula is C13H14BrF2N3. The van der Waals surface area contributed by atoms with E-state index in [9.17, 15) is 8.78 Å². The maximum absolute atomic E-state index is 14.0. The maximum atomic E-state index is 14.0. The number of hydrogen-bond donors (Lipinski definition) is 1. The molecule has 2 aromatic rings. The Balaban J connectivity index is 2.27. The molecule has 0 aliphatic heterocycles. The van der Waals surface area contributed by atoms with Crippen molar-refractivity contribution in [2.75, 3.05) is 6.54 Å². The zero-order chi connectivity index (χ0) is 13.8. The molecule has 102 valence electrons. The minimum Gasteiger partial charge on any atom is -0.313 e. The van der Waals surface area contributed by atoms with Crippen LogP contribution in [0.25, 0.3) is 5.69 Å². The van der Waals surface area contributed by atoms with Gasteiger partial charge in [-0.15, -0.1) is 0 Å². The molecule has 0 fully saturated rings. The van der Waals surface area contributed by atoms with Crippen LogP contribution in [0.5, 0.6) is 0 Å². The highest BCUT2D eigenvalue weighted by molar-refractivity contribution is 9.10. The summed E-state index contributed by atoms with van der Waals surface area (Å²) in [6.07, 6.45) is 3.97. The first-order valence-electron chi connectivity index (χ1n) is 6.01. The standard InChI is InChI=1S/C13H14BrF2N3/c1-2-3-17-6-9-4-11(15)13(12(16)5-9)19-8-10(14)7-18-19/h4-5,7-8,17H,2-3,6H2,1H3. The van der Waals surface area contributed by atoms with Crippen LogP contribution in [0.2, 0.25) is 0 Å². The van der Waals surface area contributed by atoms with Crippen LogP contribution >= 0.6 is 15.9 Å². The molecule has 0 atom stereocenters. The quantitative estimate of drug-likeness (QED) is 0.852. The summed E-state index contributed by atoms with van der Waals surface area (Å²) in [5.41, 5.74) is 0.420. The molecule has 6 heteroatoms. The molecule has 0 aliphatic carbocycles. The Labute approximate surface area is 118 Å². The van der Waals surface area contributed by atoms with Crippen molar-refractivity contribution in [3.05, 3.63) is 46.2 Å². The lowest BCUT2D eigenvalue weighted by atomic mass is 10.2. The van der Waals surface area contributed by atoms with Crippen LogP contribution in [-0.2, 0) is 6.54 Å². The Morgan fingerprint density at radius 1 is 1.32 bits per heavy atom. The number of nitrogens with one attached hydrogen (secondary N) is 1. The second kappa shape index (κ2) is 6.25. The topological polar surface area (TPSA) is 29.9 Å². The van der Waals surface area contributed by atoms with E-state index < -0.39 is 11.6 Å². The number of benzene rings is 1. The van der Waals surface area contributed by atoms with Crippen LogP contribution in [0.1, 0.15) is 18.9 Å². The Bertz CT molecular complexity index is 546. The Morgan fingerprint density at radius 2 is 2.00 bits per heavy atom. The fraction of sp³-hybridized carbons (Fsp3) is 0.308. The third-order valence-electron chi connectivity index (χ3n) is 2.61. The summed E-state index contributed by atoms with van der Waals surface area (Å²) >= 11 is 3.20. The minimum absolute atomic E-state index is 0.162. The van der Waals surface area contributed by atoms with Gasteiger partial charge in [-0.1, -0.05) is 6.92 Å². The SMILES string of the molecule is CCCNCc1cc(F)c(-n2cc(Br)cn2)c(F)c1. The summed E-state index contributed by atoms with van der Waals surface area (Å²) in [4.78, 5) is 0. The van der Waals surface area contributed by atoms with Crippen molar-refractivity contribution in [2.24, 2.45) is 0 Å². The number of halogens is 3. The van der Waals surface area contributed by atoms with E-state index in [-0.39, 0.29) is 5.69 Å². The zero-order valence-corrected chi connectivity index (χ0v) is 12.0. The largest absolute Gasteiger partial charge is 0.313 e.